The lowest BCUT2D eigenvalue weighted by Crippen LogP contribution is -2.32. The predicted molar refractivity (Wildman–Crippen MR) is 91.9 cm³/mol. The van der Waals surface area contributed by atoms with Gasteiger partial charge in [0.1, 0.15) is 5.75 Å². The number of methoxy groups -OCH3 is 1. The molecule has 0 saturated carbocycles. The molecule has 0 aliphatic carbocycles. The zero-order valence-corrected chi connectivity index (χ0v) is 14.4. The summed E-state index contributed by atoms with van der Waals surface area (Å²) in [5.41, 5.74) is 2.61. The smallest absolute Gasteiger partial charge is 0.123 e. The highest BCUT2D eigenvalue weighted by molar-refractivity contribution is 9.10. The van der Waals surface area contributed by atoms with Gasteiger partial charge in [0, 0.05) is 28.5 Å². The molecule has 2 nitrogen and oxygen atoms in total. The van der Waals surface area contributed by atoms with Gasteiger partial charge in [-0.1, -0.05) is 60.1 Å². The summed E-state index contributed by atoms with van der Waals surface area (Å²) in [6, 6.07) is 16.7. The fourth-order valence-corrected chi connectivity index (χ4v) is 2.79. The van der Waals surface area contributed by atoms with Crippen molar-refractivity contribution < 1.29 is 4.74 Å². The van der Waals surface area contributed by atoms with Crippen LogP contribution in [0.15, 0.2) is 53.0 Å². The lowest BCUT2D eigenvalue weighted by Gasteiger charge is -2.26. The SMILES string of the molecule is COc1ccc(Br)cc1CNCC(C)(C)c1ccccc1. The molecule has 2 rings (SSSR count). The van der Waals surface area contributed by atoms with E-state index in [0.717, 1.165) is 28.9 Å². The molecule has 112 valence electrons. The highest BCUT2D eigenvalue weighted by atomic mass is 79.9. The van der Waals surface area contributed by atoms with Gasteiger partial charge < -0.3 is 10.1 Å². The summed E-state index contributed by atoms with van der Waals surface area (Å²) >= 11 is 3.51. The minimum absolute atomic E-state index is 0.0977. The standard InChI is InChI=1S/C18H22BrNO/c1-18(2,15-7-5-4-6-8-15)13-20-12-14-11-16(19)9-10-17(14)21-3/h4-11,20H,12-13H2,1-3H3. The second-order valence-corrected chi connectivity index (χ2v) is 6.73. The number of benzene rings is 2. The molecule has 0 heterocycles. The Morgan fingerprint density at radius 2 is 1.81 bits per heavy atom. The number of rotatable bonds is 6. The van der Waals surface area contributed by atoms with Crippen LogP contribution in [-0.4, -0.2) is 13.7 Å². The van der Waals surface area contributed by atoms with E-state index >= 15 is 0 Å². The van der Waals surface area contributed by atoms with Crippen LogP contribution >= 0.6 is 15.9 Å². The Hall–Kier alpha value is -1.32. The summed E-state index contributed by atoms with van der Waals surface area (Å²) in [6.45, 7) is 6.21. The molecule has 0 aliphatic rings. The first-order valence-electron chi connectivity index (χ1n) is 7.11. The van der Waals surface area contributed by atoms with Crippen molar-refractivity contribution in [2.75, 3.05) is 13.7 Å². The van der Waals surface area contributed by atoms with Gasteiger partial charge in [0.25, 0.3) is 0 Å². The molecule has 3 heteroatoms. The van der Waals surface area contributed by atoms with E-state index < -0.39 is 0 Å². The van der Waals surface area contributed by atoms with Crippen molar-refractivity contribution in [2.24, 2.45) is 0 Å². The Bertz CT molecular complexity index is 581. The van der Waals surface area contributed by atoms with E-state index in [1.54, 1.807) is 7.11 Å². The van der Waals surface area contributed by atoms with Gasteiger partial charge in [-0.05, 0) is 23.8 Å². The molecule has 2 aromatic carbocycles. The van der Waals surface area contributed by atoms with E-state index in [2.05, 4.69) is 71.5 Å². The summed E-state index contributed by atoms with van der Waals surface area (Å²) in [5.74, 6) is 0.920. The number of nitrogens with one attached hydrogen (secondary N) is 1. The van der Waals surface area contributed by atoms with Crippen molar-refractivity contribution in [3.05, 3.63) is 64.1 Å². The zero-order chi connectivity index (χ0) is 15.3. The molecule has 21 heavy (non-hydrogen) atoms. The first-order chi connectivity index (χ1) is 10.0. The van der Waals surface area contributed by atoms with E-state index in [0.29, 0.717) is 0 Å². The summed E-state index contributed by atoms with van der Waals surface area (Å²) in [4.78, 5) is 0. The van der Waals surface area contributed by atoms with E-state index in [1.165, 1.54) is 5.56 Å². The first-order valence-corrected chi connectivity index (χ1v) is 7.91. The summed E-state index contributed by atoms with van der Waals surface area (Å²) in [5, 5.41) is 3.54. The summed E-state index contributed by atoms with van der Waals surface area (Å²) in [6.07, 6.45) is 0. The molecular formula is C18H22BrNO. The van der Waals surface area contributed by atoms with Crippen LogP contribution in [0.25, 0.3) is 0 Å². The molecule has 0 unspecified atom stereocenters. The average molecular weight is 348 g/mol. The second kappa shape index (κ2) is 7.10. The van der Waals surface area contributed by atoms with Gasteiger partial charge in [-0.15, -0.1) is 0 Å². The fourth-order valence-electron chi connectivity index (χ4n) is 2.39. The Kier molecular flexibility index (Phi) is 5.43. The molecule has 0 saturated heterocycles. The molecule has 0 bridgehead atoms. The number of hydrogen-bond acceptors (Lipinski definition) is 2. The van der Waals surface area contributed by atoms with Gasteiger partial charge >= 0.3 is 0 Å². The second-order valence-electron chi connectivity index (χ2n) is 5.81. The third-order valence-electron chi connectivity index (χ3n) is 3.68. The zero-order valence-electron chi connectivity index (χ0n) is 12.8. The molecule has 0 aromatic heterocycles. The molecule has 1 N–H and O–H groups in total. The number of halogens is 1. The van der Waals surface area contributed by atoms with Gasteiger partial charge in [0.15, 0.2) is 0 Å². The lowest BCUT2D eigenvalue weighted by molar-refractivity contribution is 0.404. The molecule has 0 spiro atoms. The van der Waals surface area contributed by atoms with Crippen LogP contribution in [0.4, 0.5) is 0 Å². The van der Waals surface area contributed by atoms with Crippen LogP contribution in [0.3, 0.4) is 0 Å². The van der Waals surface area contributed by atoms with Gasteiger partial charge in [0.05, 0.1) is 7.11 Å². The highest BCUT2D eigenvalue weighted by Gasteiger charge is 2.19. The Morgan fingerprint density at radius 3 is 2.48 bits per heavy atom. The molecule has 0 radical (unpaired) electrons. The number of ether oxygens (including phenoxy) is 1. The quantitative estimate of drug-likeness (QED) is 0.828. The lowest BCUT2D eigenvalue weighted by atomic mass is 9.84. The van der Waals surface area contributed by atoms with Gasteiger partial charge in [-0.3, -0.25) is 0 Å². The van der Waals surface area contributed by atoms with Crippen molar-refractivity contribution in [2.45, 2.75) is 25.8 Å². The maximum Gasteiger partial charge on any atom is 0.123 e. The van der Waals surface area contributed by atoms with Crippen LogP contribution < -0.4 is 10.1 Å². The highest BCUT2D eigenvalue weighted by Crippen LogP contribution is 2.24. The van der Waals surface area contributed by atoms with Crippen LogP contribution in [-0.2, 0) is 12.0 Å². The summed E-state index contributed by atoms with van der Waals surface area (Å²) < 4.78 is 6.48. The van der Waals surface area contributed by atoms with Gasteiger partial charge in [-0.25, -0.2) is 0 Å². The Balaban J connectivity index is 2.00. The molecule has 0 fully saturated rings. The van der Waals surface area contributed by atoms with Crippen molar-refractivity contribution in [1.29, 1.82) is 0 Å². The molecule has 2 aromatic rings. The largest absolute Gasteiger partial charge is 0.496 e. The van der Waals surface area contributed by atoms with Crippen molar-refractivity contribution >= 4 is 15.9 Å². The molecule has 0 aliphatic heterocycles. The third-order valence-corrected chi connectivity index (χ3v) is 4.17. The summed E-state index contributed by atoms with van der Waals surface area (Å²) in [7, 11) is 1.71. The van der Waals surface area contributed by atoms with Crippen LogP contribution in [0, 0.1) is 0 Å². The Labute approximate surface area is 135 Å². The monoisotopic (exact) mass is 347 g/mol. The van der Waals surface area contributed by atoms with E-state index in [1.807, 2.05) is 12.1 Å². The minimum Gasteiger partial charge on any atom is -0.496 e. The maximum absolute atomic E-state index is 5.41. The predicted octanol–water partition coefficient (Wildman–Crippen LogP) is 4.53. The van der Waals surface area contributed by atoms with Gasteiger partial charge in [0.2, 0.25) is 0 Å². The third kappa shape index (κ3) is 4.32. The molecule has 0 atom stereocenters. The van der Waals surface area contributed by atoms with E-state index in [-0.39, 0.29) is 5.41 Å². The first kappa shape index (κ1) is 16.1. The normalized spacial score (nSPS) is 11.4. The van der Waals surface area contributed by atoms with Crippen molar-refractivity contribution in [3.8, 4) is 5.75 Å². The van der Waals surface area contributed by atoms with Crippen LogP contribution in [0.5, 0.6) is 5.75 Å². The average Bonchev–Trinajstić information content (AvgIpc) is 2.48. The van der Waals surface area contributed by atoms with Gasteiger partial charge in [-0.2, -0.15) is 0 Å². The van der Waals surface area contributed by atoms with Crippen molar-refractivity contribution in [1.82, 2.24) is 5.32 Å². The van der Waals surface area contributed by atoms with E-state index in [4.69, 9.17) is 4.74 Å². The maximum atomic E-state index is 5.41. The Morgan fingerprint density at radius 1 is 1.10 bits per heavy atom. The molecule has 0 amide bonds. The van der Waals surface area contributed by atoms with Crippen molar-refractivity contribution in [3.63, 3.8) is 0 Å². The van der Waals surface area contributed by atoms with Crippen LogP contribution in [0.2, 0.25) is 0 Å². The molecular weight excluding hydrogens is 326 g/mol. The fraction of sp³-hybridized carbons (Fsp3) is 0.333. The van der Waals surface area contributed by atoms with Crippen LogP contribution in [0.1, 0.15) is 25.0 Å². The van der Waals surface area contributed by atoms with E-state index in [9.17, 15) is 0 Å². The topological polar surface area (TPSA) is 21.3 Å². The minimum atomic E-state index is 0.0977. The number of hydrogen-bond donors (Lipinski definition) is 1.